The highest BCUT2D eigenvalue weighted by Gasteiger charge is 2.07. The molecule has 1 aromatic heterocycles. The SMILES string of the molecule is CCc1n[nH]c(=S)n1-c1cc(C)cc(Br)c1. The summed E-state index contributed by atoms with van der Waals surface area (Å²) in [7, 11) is 0. The number of nitrogens with zero attached hydrogens (tertiary/aromatic N) is 2. The smallest absolute Gasteiger partial charge is 0.199 e. The van der Waals surface area contributed by atoms with Crippen LogP contribution in [0.2, 0.25) is 0 Å². The molecule has 0 saturated carbocycles. The average Bonchev–Trinajstić information content (AvgIpc) is 2.58. The first-order valence-electron chi connectivity index (χ1n) is 5.05. The highest BCUT2D eigenvalue weighted by atomic mass is 79.9. The number of H-pyrrole nitrogens is 1. The third-order valence-corrected chi connectivity index (χ3v) is 3.07. The van der Waals surface area contributed by atoms with Gasteiger partial charge in [0, 0.05) is 10.9 Å². The number of halogens is 1. The largest absolute Gasteiger partial charge is 0.272 e. The van der Waals surface area contributed by atoms with E-state index in [-0.39, 0.29) is 0 Å². The van der Waals surface area contributed by atoms with Gasteiger partial charge in [0.1, 0.15) is 5.82 Å². The topological polar surface area (TPSA) is 33.6 Å². The van der Waals surface area contributed by atoms with Crippen LogP contribution in [0.25, 0.3) is 5.69 Å². The minimum atomic E-state index is 0.634. The predicted molar refractivity (Wildman–Crippen MR) is 70.6 cm³/mol. The van der Waals surface area contributed by atoms with E-state index >= 15 is 0 Å². The van der Waals surface area contributed by atoms with Crippen molar-refractivity contribution < 1.29 is 0 Å². The van der Waals surface area contributed by atoms with E-state index in [1.54, 1.807) is 0 Å². The monoisotopic (exact) mass is 297 g/mol. The number of aromatic nitrogens is 3. The molecule has 3 nitrogen and oxygen atoms in total. The van der Waals surface area contributed by atoms with Crippen LogP contribution in [0, 0.1) is 11.7 Å². The lowest BCUT2D eigenvalue weighted by Gasteiger charge is -2.07. The molecule has 0 aliphatic heterocycles. The fourth-order valence-corrected chi connectivity index (χ4v) is 2.53. The van der Waals surface area contributed by atoms with Crippen LogP contribution in [-0.4, -0.2) is 14.8 Å². The van der Waals surface area contributed by atoms with Crippen LogP contribution in [0.3, 0.4) is 0 Å². The third-order valence-electron chi connectivity index (χ3n) is 2.34. The second kappa shape index (κ2) is 4.51. The molecule has 0 fully saturated rings. The van der Waals surface area contributed by atoms with E-state index < -0.39 is 0 Å². The van der Waals surface area contributed by atoms with Crippen LogP contribution in [0.1, 0.15) is 18.3 Å². The lowest BCUT2D eigenvalue weighted by atomic mass is 10.2. The van der Waals surface area contributed by atoms with E-state index in [1.807, 2.05) is 10.6 Å². The summed E-state index contributed by atoms with van der Waals surface area (Å²) in [5, 5.41) is 7.03. The van der Waals surface area contributed by atoms with Gasteiger partial charge in [-0.3, -0.25) is 9.67 Å². The standard InChI is InChI=1S/C11H12BrN3S/c1-3-10-13-14-11(16)15(10)9-5-7(2)4-8(12)6-9/h4-6H,3H2,1-2H3,(H,14,16). The van der Waals surface area contributed by atoms with Crippen LogP contribution in [-0.2, 0) is 6.42 Å². The minimum Gasteiger partial charge on any atom is -0.272 e. The lowest BCUT2D eigenvalue weighted by molar-refractivity contribution is 0.879. The number of hydrogen-bond donors (Lipinski definition) is 1. The Balaban J connectivity index is 2.66. The van der Waals surface area contributed by atoms with Crippen molar-refractivity contribution in [2.75, 3.05) is 0 Å². The number of aryl methyl sites for hydroxylation is 2. The molecule has 0 amide bonds. The van der Waals surface area contributed by atoms with Crippen LogP contribution >= 0.6 is 28.1 Å². The van der Waals surface area contributed by atoms with Crippen molar-refractivity contribution in [3.63, 3.8) is 0 Å². The van der Waals surface area contributed by atoms with Gasteiger partial charge in [0.2, 0.25) is 0 Å². The highest BCUT2D eigenvalue weighted by molar-refractivity contribution is 9.10. The number of rotatable bonds is 2. The maximum Gasteiger partial charge on any atom is 0.199 e. The average molecular weight is 298 g/mol. The second-order valence-corrected chi connectivity index (χ2v) is 4.92. The van der Waals surface area contributed by atoms with Crippen molar-refractivity contribution >= 4 is 28.1 Å². The van der Waals surface area contributed by atoms with Gasteiger partial charge in [-0.05, 0) is 42.9 Å². The van der Waals surface area contributed by atoms with Crippen molar-refractivity contribution in [3.05, 3.63) is 38.8 Å². The molecule has 0 aliphatic rings. The van der Waals surface area contributed by atoms with Crippen molar-refractivity contribution in [3.8, 4) is 5.69 Å². The van der Waals surface area contributed by atoms with Gasteiger partial charge in [0.05, 0.1) is 5.69 Å². The molecule has 1 N–H and O–H groups in total. The Morgan fingerprint density at radius 3 is 2.81 bits per heavy atom. The van der Waals surface area contributed by atoms with E-state index in [2.05, 4.69) is 52.1 Å². The zero-order chi connectivity index (χ0) is 11.7. The molecule has 1 aromatic carbocycles. The van der Waals surface area contributed by atoms with Crippen molar-refractivity contribution in [1.29, 1.82) is 0 Å². The zero-order valence-electron chi connectivity index (χ0n) is 9.12. The third kappa shape index (κ3) is 2.10. The molecule has 2 rings (SSSR count). The number of benzene rings is 1. The fraction of sp³-hybridized carbons (Fsp3) is 0.273. The molecule has 0 aliphatic carbocycles. The highest BCUT2D eigenvalue weighted by Crippen LogP contribution is 2.19. The van der Waals surface area contributed by atoms with Gasteiger partial charge in [-0.25, -0.2) is 0 Å². The molecule has 0 radical (unpaired) electrons. The van der Waals surface area contributed by atoms with Gasteiger partial charge in [-0.15, -0.1) is 0 Å². The number of hydrogen-bond acceptors (Lipinski definition) is 2. The van der Waals surface area contributed by atoms with Gasteiger partial charge in [-0.1, -0.05) is 22.9 Å². The summed E-state index contributed by atoms with van der Waals surface area (Å²) < 4.78 is 3.65. The maximum atomic E-state index is 5.24. The molecule has 16 heavy (non-hydrogen) atoms. The van der Waals surface area contributed by atoms with Gasteiger partial charge in [0.25, 0.3) is 0 Å². The first-order chi connectivity index (χ1) is 7.61. The van der Waals surface area contributed by atoms with Crippen molar-refractivity contribution in [2.45, 2.75) is 20.3 Å². The molecule has 1 heterocycles. The summed E-state index contributed by atoms with van der Waals surface area (Å²) in [6.45, 7) is 4.12. The molecule has 0 spiro atoms. The molecule has 0 atom stereocenters. The molecular formula is C11H12BrN3S. The van der Waals surface area contributed by atoms with E-state index in [4.69, 9.17) is 12.2 Å². The van der Waals surface area contributed by atoms with Crippen LogP contribution in [0.5, 0.6) is 0 Å². The van der Waals surface area contributed by atoms with E-state index in [9.17, 15) is 0 Å². The number of aromatic amines is 1. The summed E-state index contributed by atoms with van der Waals surface area (Å²) >= 11 is 8.73. The quantitative estimate of drug-likeness (QED) is 0.860. The van der Waals surface area contributed by atoms with E-state index in [1.165, 1.54) is 5.56 Å². The lowest BCUT2D eigenvalue weighted by Crippen LogP contribution is -2.00. The number of nitrogens with one attached hydrogen (secondary N) is 1. The molecule has 0 unspecified atom stereocenters. The summed E-state index contributed by atoms with van der Waals surface area (Å²) in [5.74, 6) is 0.947. The molecule has 0 saturated heterocycles. The predicted octanol–water partition coefficient (Wildman–Crippen LogP) is 3.56. The van der Waals surface area contributed by atoms with Gasteiger partial charge < -0.3 is 0 Å². The Kier molecular flexibility index (Phi) is 3.25. The molecule has 2 aromatic rings. The first-order valence-corrected chi connectivity index (χ1v) is 6.26. The Morgan fingerprint density at radius 2 is 2.19 bits per heavy atom. The fourth-order valence-electron chi connectivity index (χ4n) is 1.68. The normalized spacial score (nSPS) is 10.7. The summed E-state index contributed by atoms with van der Waals surface area (Å²) in [4.78, 5) is 0. The van der Waals surface area contributed by atoms with Gasteiger partial charge >= 0.3 is 0 Å². The Morgan fingerprint density at radius 1 is 1.44 bits per heavy atom. The summed E-state index contributed by atoms with van der Waals surface area (Å²) in [6, 6.07) is 6.20. The van der Waals surface area contributed by atoms with E-state index in [0.717, 1.165) is 22.4 Å². The molecule has 84 valence electrons. The van der Waals surface area contributed by atoms with Crippen LogP contribution in [0.15, 0.2) is 22.7 Å². The van der Waals surface area contributed by atoms with E-state index in [0.29, 0.717) is 4.77 Å². The van der Waals surface area contributed by atoms with Gasteiger partial charge in [-0.2, -0.15) is 5.10 Å². The zero-order valence-corrected chi connectivity index (χ0v) is 11.5. The molecule has 5 heteroatoms. The molecule has 0 bridgehead atoms. The van der Waals surface area contributed by atoms with Gasteiger partial charge in [0.15, 0.2) is 4.77 Å². The Bertz CT molecular complexity index is 551. The van der Waals surface area contributed by atoms with Crippen LogP contribution < -0.4 is 0 Å². The maximum absolute atomic E-state index is 5.24. The first kappa shape index (κ1) is 11.5. The minimum absolute atomic E-state index is 0.634. The molecular weight excluding hydrogens is 286 g/mol. The van der Waals surface area contributed by atoms with Crippen molar-refractivity contribution in [1.82, 2.24) is 14.8 Å². The Hall–Kier alpha value is -0.940. The summed E-state index contributed by atoms with van der Waals surface area (Å²) in [6.07, 6.45) is 0.846. The van der Waals surface area contributed by atoms with Crippen LogP contribution in [0.4, 0.5) is 0 Å². The second-order valence-electron chi connectivity index (χ2n) is 3.62. The van der Waals surface area contributed by atoms with Crippen molar-refractivity contribution in [2.24, 2.45) is 0 Å². The summed E-state index contributed by atoms with van der Waals surface area (Å²) in [5.41, 5.74) is 2.23. The Labute approximate surface area is 108 Å².